The minimum Gasteiger partial charge on any atom is -0.497 e. The molecule has 3 aromatic carbocycles. The first-order chi connectivity index (χ1) is 13.6. The molecule has 1 heterocycles. The van der Waals surface area contributed by atoms with Gasteiger partial charge in [-0.05, 0) is 12.1 Å². The van der Waals surface area contributed by atoms with Gasteiger partial charge in [0.2, 0.25) is 0 Å². The molecule has 0 saturated carbocycles. The van der Waals surface area contributed by atoms with Crippen LogP contribution in [-0.2, 0) is 4.57 Å². The standard InChI is InChI=1S/C23H21O4P/c1-26-18-12-13-21-22(14-18)27-15-17(23(21)24)16-28(25,19-8-4-2-5-9-19)20-10-6-3-7-11-20/h2-14,17H,15-16H2,1H3/t17-/m0/s1. The van der Waals surface area contributed by atoms with E-state index in [9.17, 15) is 9.36 Å². The van der Waals surface area contributed by atoms with Crippen molar-refractivity contribution in [1.82, 2.24) is 0 Å². The van der Waals surface area contributed by atoms with Gasteiger partial charge in [-0.2, -0.15) is 0 Å². The number of methoxy groups -OCH3 is 1. The number of fused-ring (bicyclic) bond motifs is 1. The number of hydrogen-bond donors (Lipinski definition) is 0. The van der Waals surface area contributed by atoms with Crippen molar-refractivity contribution in [2.75, 3.05) is 19.9 Å². The molecular weight excluding hydrogens is 371 g/mol. The van der Waals surface area contributed by atoms with E-state index < -0.39 is 13.1 Å². The molecule has 1 aliphatic heterocycles. The number of ether oxygens (including phenoxy) is 2. The van der Waals surface area contributed by atoms with Crippen LogP contribution < -0.4 is 20.1 Å². The summed E-state index contributed by atoms with van der Waals surface area (Å²) >= 11 is 0. The van der Waals surface area contributed by atoms with Crippen LogP contribution in [0.5, 0.6) is 11.5 Å². The molecule has 0 bridgehead atoms. The molecule has 0 aromatic heterocycles. The molecule has 0 spiro atoms. The average Bonchev–Trinajstić information content (AvgIpc) is 2.76. The minimum atomic E-state index is -2.98. The fourth-order valence-electron chi connectivity index (χ4n) is 3.58. The molecular formula is C23H21O4P. The van der Waals surface area contributed by atoms with Crippen molar-refractivity contribution in [3.8, 4) is 11.5 Å². The zero-order valence-electron chi connectivity index (χ0n) is 15.6. The van der Waals surface area contributed by atoms with Gasteiger partial charge in [0, 0.05) is 22.8 Å². The van der Waals surface area contributed by atoms with Crippen molar-refractivity contribution in [3.63, 3.8) is 0 Å². The lowest BCUT2D eigenvalue weighted by Crippen LogP contribution is -2.33. The Kier molecular flexibility index (Phi) is 5.06. The van der Waals surface area contributed by atoms with E-state index in [0.29, 0.717) is 17.1 Å². The van der Waals surface area contributed by atoms with E-state index in [2.05, 4.69) is 0 Å². The first-order valence-corrected chi connectivity index (χ1v) is 11.1. The van der Waals surface area contributed by atoms with Gasteiger partial charge in [0.1, 0.15) is 18.6 Å². The van der Waals surface area contributed by atoms with Crippen LogP contribution >= 0.6 is 7.14 Å². The molecule has 142 valence electrons. The van der Waals surface area contributed by atoms with Crippen LogP contribution in [0, 0.1) is 5.92 Å². The second kappa shape index (κ2) is 7.65. The van der Waals surface area contributed by atoms with Crippen LogP contribution in [0.15, 0.2) is 78.9 Å². The highest BCUT2D eigenvalue weighted by Gasteiger charge is 2.37. The Morgan fingerprint density at radius 3 is 2.14 bits per heavy atom. The molecule has 28 heavy (non-hydrogen) atoms. The maximum Gasteiger partial charge on any atom is 0.173 e. The van der Waals surface area contributed by atoms with Gasteiger partial charge in [0.15, 0.2) is 5.78 Å². The van der Waals surface area contributed by atoms with E-state index in [4.69, 9.17) is 9.47 Å². The molecule has 0 fully saturated rings. The van der Waals surface area contributed by atoms with Crippen LogP contribution in [0.1, 0.15) is 10.4 Å². The van der Waals surface area contributed by atoms with E-state index >= 15 is 0 Å². The Hall–Kier alpha value is -2.84. The third-order valence-corrected chi connectivity index (χ3v) is 8.31. The number of ketones is 1. The smallest absolute Gasteiger partial charge is 0.173 e. The molecule has 0 aliphatic carbocycles. The molecule has 1 aliphatic rings. The third kappa shape index (κ3) is 3.36. The Bertz CT molecular complexity index is 987. The Balaban J connectivity index is 1.70. The summed E-state index contributed by atoms with van der Waals surface area (Å²) in [6, 6.07) is 24.0. The maximum atomic E-state index is 14.2. The lowest BCUT2D eigenvalue weighted by Gasteiger charge is -2.28. The van der Waals surface area contributed by atoms with Gasteiger partial charge in [-0.25, -0.2) is 0 Å². The molecule has 0 unspecified atom stereocenters. The van der Waals surface area contributed by atoms with E-state index in [0.717, 1.165) is 10.6 Å². The molecule has 0 N–H and O–H groups in total. The highest BCUT2D eigenvalue weighted by atomic mass is 31.2. The molecule has 1 atom stereocenters. The van der Waals surface area contributed by atoms with Gasteiger partial charge in [-0.1, -0.05) is 60.7 Å². The molecule has 0 saturated heterocycles. The molecule has 3 aromatic rings. The summed E-state index contributed by atoms with van der Waals surface area (Å²) in [5.74, 6) is 0.669. The van der Waals surface area contributed by atoms with Crippen molar-refractivity contribution < 1.29 is 18.8 Å². The van der Waals surface area contributed by atoms with E-state index in [1.165, 1.54) is 0 Å². The fourth-order valence-corrected chi connectivity index (χ4v) is 6.50. The second-order valence-corrected chi connectivity index (χ2v) is 9.70. The number of carbonyl (C=O) groups is 1. The third-order valence-electron chi connectivity index (χ3n) is 5.09. The normalized spacial score (nSPS) is 16.2. The quantitative estimate of drug-likeness (QED) is 0.618. The topological polar surface area (TPSA) is 52.6 Å². The number of hydrogen-bond acceptors (Lipinski definition) is 4. The van der Waals surface area contributed by atoms with Crippen molar-refractivity contribution in [1.29, 1.82) is 0 Å². The summed E-state index contributed by atoms with van der Waals surface area (Å²) in [7, 11) is -1.41. The largest absolute Gasteiger partial charge is 0.497 e. The molecule has 4 nitrogen and oxygen atoms in total. The predicted molar refractivity (Wildman–Crippen MR) is 111 cm³/mol. The molecule has 4 rings (SSSR count). The zero-order valence-corrected chi connectivity index (χ0v) is 16.5. The Labute approximate surface area is 164 Å². The highest BCUT2D eigenvalue weighted by molar-refractivity contribution is 7.78. The minimum absolute atomic E-state index is 0.0315. The van der Waals surface area contributed by atoms with Crippen molar-refractivity contribution in [2.24, 2.45) is 5.92 Å². The average molecular weight is 392 g/mol. The molecule has 0 radical (unpaired) electrons. The summed E-state index contributed by atoms with van der Waals surface area (Å²) in [5.41, 5.74) is 0.518. The molecule has 5 heteroatoms. The summed E-state index contributed by atoms with van der Waals surface area (Å²) in [6.45, 7) is 0.211. The van der Waals surface area contributed by atoms with Crippen molar-refractivity contribution in [2.45, 2.75) is 0 Å². The monoisotopic (exact) mass is 392 g/mol. The van der Waals surface area contributed by atoms with E-state index in [-0.39, 0.29) is 18.6 Å². The Morgan fingerprint density at radius 1 is 0.964 bits per heavy atom. The van der Waals surface area contributed by atoms with E-state index in [1.54, 1.807) is 25.3 Å². The fraction of sp³-hybridized carbons (Fsp3) is 0.174. The predicted octanol–water partition coefficient (Wildman–Crippen LogP) is 3.90. The number of rotatable bonds is 5. The summed E-state index contributed by atoms with van der Waals surface area (Å²) in [4.78, 5) is 13.1. The molecule has 0 amide bonds. The van der Waals surface area contributed by atoms with Gasteiger partial charge in [-0.3, -0.25) is 4.79 Å². The van der Waals surface area contributed by atoms with Crippen LogP contribution in [0.3, 0.4) is 0 Å². The van der Waals surface area contributed by atoms with Crippen molar-refractivity contribution in [3.05, 3.63) is 84.4 Å². The second-order valence-electron chi connectivity index (χ2n) is 6.83. The summed E-state index contributed by atoms with van der Waals surface area (Å²) < 4.78 is 25.3. The Morgan fingerprint density at radius 2 is 1.57 bits per heavy atom. The first-order valence-electron chi connectivity index (χ1n) is 9.17. The first kappa shape index (κ1) is 18.5. The highest BCUT2D eigenvalue weighted by Crippen LogP contribution is 2.46. The lowest BCUT2D eigenvalue weighted by atomic mass is 9.96. The lowest BCUT2D eigenvalue weighted by molar-refractivity contribution is 0.0851. The van der Waals surface area contributed by atoms with Gasteiger partial charge in [-0.15, -0.1) is 0 Å². The van der Waals surface area contributed by atoms with Gasteiger partial charge < -0.3 is 14.0 Å². The number of benzene rings is 3. The van der Waals surface area contributed by atoms with Crippen molar-refractivity contribution >= 4 is 23.5 Å². The maximum absolute atomic E-state index is 14.2. The van der Waals surface area contributed by atoms with Crippen LogP contribution in [-0.4, -0.2) is 25.7 Å². The van der Waals surface area contributed by atoms with Gasteiger partial charge >= 0.3 is 0 Å². The van der Waals surface area contributed by atoms with Gasteiger partial charge in [0.25, 0.3) is 0 Å². The number of carbonyl (C=O) groups excluding carboxylic acids is 1. The zero-order chi connectivity index (χ0) is 19.6. The summed E-state index contributed by atoms with van der Waals surface area (Å²) in [5, 5.41) is 1.52. The van der Waals surface area contributed by atoms with E-state index in [1.807, 2.05) is 60.7 Å². The van der Waals surface area contributed by atoms with Crippen LogP contribution in [0.4, 0.5) is 0 Å². The SMILES string of the molecule is COc1ccc2c(c1)OC[C@@H](CP(=O)(c1ccccc1)c1ccccc1)C2=O. The number of Topliss-reactive ketones (excluding diaryl/α,β-unsaturated/α-hetero) is 1. The van der Waals surface area contributed by atoms with Crippen LogP contribution in [0.2, 0.25) is 0 Å². The van der Waals surface area contributed by atoms with Gasteiger partial charge in [0.05, 0.1) is 25.2 Å². The van der Waals surface area contributed by atoms with Crippen LogP contribution in [0.25, 0.3) is 0 Å². The summed E-state index contributed by atoms with van der Waals surface area (Å²) in [6.07, 6.45) is 0.241.